The van der Waals surface area contributed by atoms with Gasteiger partial charge in [-0.1, -0.05) is 6.08 Å². The summed E-state index contributed by atoms with van der Waals surface area (Å²) in [7, 11) is 0. The Kier molecular flexibility index (Phi) is 3.78. The summed E-state index contributed by atoms with van der Waals surface area (Å²) in [4.78, 5) is 7.63. The fourth-order valence-electron chi connectivity index (χ4n) is 1.69. The fraction of sp³-hybridized carbons (Fsp3) is 0.231. The van der Waals surface area contributed by atoms with E-state index >= 15 is 0 Å². The van der Waals surface area contributed by atoms with E-state index in [2.05, 4.69) is 21.9 Å². The van der Waals surface area contributed by atoms with Crippen LogP contribution in [0.5, 0.6) is 0 Å². The molecule has 2 heterocycles. The molecule has 0 aliphatic heterocycles. The van der Waals surface area contributed by atoms with Crippen molar-refractivity contribution >= 4 is 11.6 Å². The van der Waals surface area contributed by atoms with Gasteiger partial charge in [-0.3, -0.25) is 0 Å². The molecule has 20 heavy (non-hydrogen) atoms. The summed E-state index contributed by atoms with van der Waals surface area (Å²) in [6, 6.07) is 2.24. The smallest absolute Gasteiger partial charge is 0.324 e. The van der Waals surface area contributed by atoms with Gasteiger partial charge in [0.25, 0.3) is 0 Å². The Morgan fingerprint density at radius 3 is 2.70 bits per heavy atom. The van der Waals surface area contributed by atoms with Crippen molar-refractivity contribution < 1.29 is 13.2 Å². The minimum absolute atomic E-state index is 0.439. The molecule has 0 saturated heterocycles. The molecule has 2 rings (SSSR count). The Morgan fingerprint density at radius 1 is 1.40 bits per heavy atom. The zero-order valence-corrected chi connectivity index (χ0v) is 10.8. The summed E-state index contributed by atoms with van der Waals surface area (Å²) in [6.07, 6.45) is 0.223. The molecule has 106 valence electrons. The Hall–Kier alpha value is -2.31. The summed E-state index contributed by atoms with van der Waals surface area (Å²) >= 11 is 0. The van der Waals surface area contributed by atoms with Gasteiger partial charge < -0.3 is 9.88 Å². The Labute approximate surface area is 114 Å². The molecule has 0 aliphatic rings. The largest absolute Gasteiger partial charge is 0.433 e. The number of alkyl halides is 3. The topological polar surface area (TPSA) is 42.7 Å². The molecule has 4 nitrogen and oxygen atoms in total. The molecule has 2 aromatic rings. The lowest BCUT2D eigenvalue weighted by molar-refractivity contribution is -0.141. The minimum atomic E-state index is -4.43. The molecule has 0 radical (unpaired) electrons. The highest BCUT2D eigenvalue weighted by Gasteiger charge is 2.32. The summed E-state index contributed by atoms with van der Waals surface area (Å²) in [5.74, 6) is 0.531. The van der Waals surface area contributed by atoms with Crippen LogP contribution in [0.25, 0.3) is 0 Å². The molecule has 7 heteroatoms. The summed E-state index contributed by atoms with van der Waals surface area (Å²) < 4.78 is 39.0. The summed E-state index contributed by atoms with van der Waals surface area (Å²) in [5, 5.41) is 2.93. The van der Waals surface area contributed by atoms with E-state index in [1.54, 1.807) is 10.6 Å². The van der Waals surface area contributed by atoms with Crippen LogP contribution in [0.1, 0.15) is 11.4 Å². The number of aryl methyl sites for hydroxylation is 1. The monoisotopic (exact) mass is 282 g/mol. The first-order valence-electron chi connectivity index (χ1n) is 5.85. The summed E-state index contributed by atoms with van der Waals surface area (Å²) in [5.41, 5.74) is 0.316. The van der Waals surface area contributed by atoms with Gasteiger partial charge in [0.1, 0.15) is 5.69 Å². The van der Waals surface area contributed by atoms with Gasteiger partial charge in [-0.25, -0.2) is 9.97 Å². The van der Waals surface area contributed by atoms with Crippen LogP contribution in [0.2, 0.25) is 0 Å². The predicted octanol–water partition coefficient (Wildman–Crippen LogP) is 3.53. The van der Waals surface area contributed by atoms with Crippen LogP contribution in [0.4, 0.5) is 24.8 Å². The number of imidazole rings is 1. The van der Waals surface area contributed by atoms with Crippen LogP contribution in [-0.2, 0) is 12.7 Å². The number of nitrogens with zero attached hydrogens (tertiary/aromatic N) is 3. The lowest BCUT2D eigenvalue weighted by Crippen LogP contribution is -2.08. The average Bonchev–Trinajstić information content (AvgIpc) is 2.69. The standard InChI is InChI=1S/C13H13F3N4/c1-3-6-20-8-9(2)18-12(20)19-10-4-5-11(17-7-10)13(14,15)16/h3-5,7-8H,1,6H2,2H3,(H,18,19). The van der Waals surface area contributed by atoms with Crippen molar-refractivity contribution in [2.75, 3.05) is 5.32 Å². The van der Waals surface area contributed by atoms with Gasteiger partial charge in [-0.15, -0.1) is 6.58 Å². The molecule has 1 N–H and O–H groups in total. The second-order valence-electron chi connectivity index (χ2n) is 4.20. The number of anilines is 2. The van der Waals surface area contributed by atoms with Crippen LogP contribution in [0, 0.1) is 6.92 Å². The van der Waals surface area contributed by atoms with Crippen LogP contribution < -0.4 is 5.32 Å². The lowest BCUT2D eigenvalue weighted by Gasteiger charge is -2.09. The van der Waals surface area contributed by atoms with E-state index in [1.165, 1.54) is 6.07 Å². The second-order valence-corrected chi connectivity index (χ2v) is 4.20. The van der Waals surface area contributed by atoms with Gasteiger partial charge in [0.2, 0.25) is 5.95 Å². The molecule has 0 spiro atoms. The van der Waals surface area contributed by atoms with E-state index in [1.807, 2.05) is 13.1 Å². The van der Waals surface area contributed by atoms with E-state index in [-0.39, 0.29) is 0 Å². The molecular weight excluding hydrogens is 269 g/mol. The molecule has 0 bridgehead atoms. The number of nitrogens with one attached hydrogen (secondary N) is 1. The molecular formula is C13H13F3N4. The molecule has 2 aromatic heterocycles. The van der Waals surface area contributed by atoms with E-state index in [4.69, 9.17) is 0 Å². The van der Waals surface area contributed by atoms with Crippen molar-refractivity contribution in [1.82, 2.24) is 14.5 Å². The molecule has 0 saturated carbocycles. The maximum absolute atomic E-state index is 12.4. The van der Waals surface area contributed by atoms with Crippen molar-refractivity contribution in [2.24, 2.45) is 0 Å². The first-order valence-corrected chi connectivity index (χ1v) is 5.85. The number of aromatic nitrogens is 3. The van der Waals surface area contributed by atoms with Crippen molar-refractivity contribution in [3.8, 4) is 0 Å². The number of halogens is 3. The predicted molar refractivity (Wildman–Crippen MR) is 69.7 cm³/mol. The third-order valence-electron chi connectivity index (χ3n) is 2.53. The first kappa shape index (κ1) is 14.1. The normalized spacial score (nSPS) is 11.4. The number of hydrogen-bond donors (Lipinski definition) is 1. The molecule has 0 fully saturated rings. The first-order chi connectivity index (χ1) is 9.40. The number of hydrogen-bond acceptors (Lipinski definition) is 3. The molecule has 0 unspecified atom stereocenters. The molecule has 0 amide bonds. The Morgan fingerprint density at radius 2 is 2.15 bits per heavy atom. The molecule has 0 aromatic carbocycles. The second kappa shape index (κ2) is 5.36. The van der Waals surface area contributed by atoms with Gasteiger partial charge in [-0.05, 0) is 19.1 Å². The van der Waals surface area contributed by atoms with Crippen molar-refractivity contribution in [3.05, 3.63) is 48.6 Å². The number of allylic oxidation sites excluding steroid dienone is 1. The Balaban J connectivity index is 2.20. The highest BCUT2D eigenvalue weighted by atomic mass is 19.4. The van der Waals surface area contributed by atoms with E-state index < -0.39 is 11.9 Å². The van der Waals surface area contributed by atoms with Gasteiger partial charge in [0, 0.05) is 12.7 Å². The van der Waals surface area contributed by atoms with Gasteiger partial charge in [-0.2, -0.15) is 13.2 Å². The zero-order valence-electron chi connectivity index (χ0n) is 10.8. The SMILES string of the molecule is C=CCn1cc(C)nc1Nc1ccc(C(F)(F)F)nc1. The van der Waals surface area contributed by atoms with E-state index in [9.17, 15) is 13.2 Å². The van der Waals surface area contributed by atoms with Gasteiger partial charge >= 0.3 is 6.18 Å². The van der Waals surface area contributed by atoms with Crippen molar-refractivity contribution in [3.63, 3.8) is 0 Å². The molecule has 0 aliphatic carbocycles. The van der Waals surface area contributed by atoms with E-state index in [0.29, 0.717) is 18.2 Å². The maximum Gasteiger partial charge on any atom is 0.433 e. The third kappa shape index (κ3) is 3.17. The Bertz CT molecular complexity index is 599. The zero-order chi connectivity index (χ0) is 14.8. The highest BCUT2D eigenvalue weighted by molar-refractivity contribution is 5.52. The third-order valence-corrected chi connectivity index (χ3v) is 2.53. The van der Waals surface area contributed by atoms with Gasteiger partial charge in [0.05, 0.1) is 17.6 Å². The van der Waals surface area contributed by atoms with Gasteiger partial charge in [0.15, 0.2) is 0 Å². The van der Waals surface area contributed by atoms with Crippen LogP contribution >= 0.6 is 0 Å². The van der Waals surface area contributed by atoms with Crippen LogP contribution in [0.3, 0.4) is 0 Å². The summed E-state index contributed by atoms with van der Waals surface area (Å²) in [6.45, 7) is 6.02. The fourth-order valence-corrected chi connectivity index (χ4v) is 1.69. The van der Waals surface area contributed by atoms with E-state index in [0.717, 1.165) is 18.0 Å². The van der Waals surface area contributed by atoms with Crippen molar-refractivity contribution in [2.45, 2.75) is 19.6 Å². The van der Waals surface area contributed by atoms with Crippen LogP contribution in [0.15, 0.2) is 37.2 Å². The average molecular weight is 282 g/mol. The number of rotatable bonds is 4. The highest BCUT2D eigenvalue weighted by Crippen LogP contribution is 2.28. The number of pyridine rings is 1. The van der Waals surface area contributed by atoms with Crippen molar-refractivity contribution in [1.29, 1.82) is 0 Å². The molecule has 0 atom stereocenters. The maximum atomic E-state index is 12.4. The minimum Gasteiger partial charge on any atom is -0.324 e. The lowest BCUT2D eigenvalue weighted by atomic mass is 10.3. The quantitative estimate of drug-likeness (QED) is 0.872. The van der Waals surface area contributed by atoms with Crippen LogP contribution in [-0.4, -0.2) is 14.5 Å².